The molecule has 0 fully saturated rings. The van der Waals surface area contributed by atoms with Crippen LogP contribution in [0.2, 0.25) is 0 Å². The summed E-state index contributed by atoms with van der Waals surface area (Å²) in [4.78, 5) is 18.9. The molecular formula is C6H8N2O4. The van der Waals surface area contributed by atoms with E-state index in [-0.39, 0.29) is 12.4 Å². The zero-order valence-electron chi connectivity index (χ0n) is 6.15. The maximum absolute atomic E-state index is 10.7. The molecule has 0 aliphatic heterocycles. The van der Waals surface area contributed by atoms with Gasteiger partial charge in [0.2, 0.25) is 5.76 Å². The van der Waals surface area contributed by atoms with Crippen molar-refractivity contribution in [2.75, 3.05) is 0 Å². The first-order valence-electron chi connectivity index (χ1n) is 3.09. The van der Waals surface area contributed by atoms with E-state index in [1.165, 1.54) is 6.07 Å². The van der Waals surface area contributed by atoms with E-state index < -0.39 is 5.97 Å². The lowest BCUT2D eigenvalue weighted by atomic mass is 10.4. The normalized spacial score (nSPS) is 9.83. The van der Waals surface area contributed by atoms with Crippen LogP contribution in [0.4, 0.5) is 0 Å². The Bertz CT molecular complexity index is 270. The molecule has 1 aromatic heterocycles. The van der Waals surface area contributed by atoms with Crippen molar-refractivity contribution in [3.8, 4) is 0 Å². The number of carbonyl (C=O) groups is 1. The van der Waals surface area contributed by atoms with Crippen LogP contribution in [0.5, 0.6) is 0 Å². The second-order valence-electron chi connectivity index (χ2n) is 1.98. The van der Waals surface area contributed by atoms with Gasteiger partial charge in [-0.05, 0) is 12.1 Å². The summed E-state index contributed by atoms with van der Waals surface area (Å²) in [6.45, 7) is 0.0951. The molecule has 12 heavy (non-hydrogen) atoms. The van der Waals surface area contributed by atoms with Gasteiger partial charge in [0.1, 0.15) is 12.4 Å². The lowest BCUT2D eigenvalue weighted by molar-refractivity contribution is 0.0456. The average molecular weight is 172 g/mol. The van der Waals surface area contributed by atoms with Crippen LogP contribution >= 0.6 is 0 Å². The molecule has 6 heteroatoms. The summed E-state index contributed by atoms with van der Waals surface area (Å²) in [5.74, 6) is 9.11. The number of hydrogen-bond acceptors (Lipinski definition) is 6. The molecule has 0 saturated heterocycles. The van der Waals surface area contributed by atoms with E-state index in [4.69, 9.17) is 10.3 Å². The fourth-order valence-electron chi connectivity index (χ4n) is 0.705. The molecule has 4 N–H and O–H groups in total. The molecule has 0 aromatic carbocycles. The van der Waals surface area contributed by atoms with Crippen LogP contribution in [0, 0.1) is 0 Å². The van der Waals surface area contributed by atoms with Gasteiger partial charge in [-0.2, -0.15) is 5.90 Å². The molecule has 0 unspecified atom stereocenters. The second-order valence-corrected chi connectivity index (χ2v) is 1.98. The highest BCUT2D eigenvalue weighted by molar-refractivity contribution is 5.85. The summed E-state index contributed by atoms with van der Waals surface area (Å²) in [6.07, 6.45) is 0. The maximum atomic E-state index is 10.7. The van der Waals surface area contributed by atoms with Gasteiger partial charge in [-0.15, -0.1) is 0 Å². The molecule has 0 aliphatic rings. The van der Waals surface area contributed by atoms with Gasteiger partial charge in [-0.1, -0.05) is 0 Å². The van der Waals surface area contributed by atoms with Crippen LogP contribution in [0.3, 0.4) is 0 Å². The highest BCUT2D eigenvalue weighted by atomic mass is 16.7. The summed E-state index contributed by atoms with van der Waals surface area (Å²) in [6, 6.07) is 2.96. The van der Waals surface area contributed by atoms with Crippen molar-refractivity contribution in [3.63, 3.8) is 0 Å². The molecule has 0 radical (unpaired) electrons. The van der Waals surface area contributed by atoms with Crippen LogP contribution < -0.4 is 11.8 Å². The van der Waals surface area contributed by atoms with E-state index in [2.05, 4.69) is 15.6 Å². The van der Waals surface area contributed by atoms with E-state index >= 15 is 0 Å². The van der Waals surface area contributed by atoms with Gasteiger partial charge < -0.3 is 9.25 Å². The Kier molecular flexibility index (Phi) is 2.81. The number of rotatable bonds is 3. The number of carbonyl (C=O) groups excluding carboxylic acids is 1. The maximum Gasteiger partial charge on any atom is 0.392 e. The molecule has 1 rings (SSSR count). The van der Waals surface area contributed by atoms with Crippen molar-refractivity contribution in [2.24, 2.45) is 11.8 Å². The lowest BCUT2D eigenvalue weighted by Crippen LogP contribution is -2.08. The second kappa shape index (κ2) is 3.86. The van der Waals surface area contributed by atoms with Crippen molar-refractivity contribution in [1.29, 1.82) is 0 Å². The Morgan fingerprint density at radius 3 is 2.83 bits per heavy atom. The zero-order valence-corrected chi connectivity index (χ0v) is 6.15. The number of nitrogens with two attached hydrogens (primary N) is 2. The van der Waals surface area contributed by atoms with Gasteiger partial charge in [-0.25, -0.2) is 10.7 Å². The monoisotopic (exact) mass is 172 g/mol. The van der Waals surface area contributed by atoms with Crippen LogP contribution in [0.15, 0.2) is 16.5 Å². The summed E-state index contributed by atoms with van der Waals surface area (Å²) in [5, 5.41) is 0. The van der Waals surface area contributed by atoms with E-state index in [1.807, 2.05) is 0 Å². The predicted octanol–water partition coefficient (Wildman–Crippen LogP) is -0.300. The quantitative estimate of drug-likeness (QED) is 0.607. The smallest absolute Gasteiger partial charge is 0.392 e. The first kappa shape index (κ1) is 8.72. The lowest BCUT2D eigenvalue weighted by Gasteiger charge is -1.93. The topological polar surface area (TPSA) is 101 Å². The predicted molar refractivity (Wildman–Crippen MR) is 37.3 cm³/mol. The van der Waals surface area contributed by atoms with Gasteiger partial charge in [0.05, 0.1) is 0 Å². The summed E-state index contributed by atoms with van der Waals surface area (Å²) < 4.78 is 4.92. The van der Waals surface area contributed by atoms with E-state index in [0.29, 0.717) is 5.76 Å². The third kappa shape index (κ3) is 1.82. The van der Waals surface area contributed by atoms with Crippen LogP contribution in [0.1, 0.15) is 16.3 Å². The Morgan fingerprint density at radius 1 is 1.50 bits per heavy atom. The minimum Gasteiger partial charge on any atom is -0.451 e. The molecule has 0 saturated carbocycles. The van der Waals surface area contributed by atoms with Crippen molar-refractivity contribution in [3.05, 3.63) is 23.7 Å². The third-order valence-electron chi connectivity index (χ3n) is 1.20. The third-order valence-corrected chi connectivity index (χ3v) is 1.20. The average Bonchev–Trinajstić information content (AvgIpc) is 2.52. The van der Waals surface area contributed by atoms with Crippen molar-refractivity contribution in [2.45, 2.75) is 6.61 Å². The van der Waals surface area contributed by atoms with Crippen LogP contribution in [0.25, 0.3) is 0 Å². The molecule has 0 aliphatic carbocycles. The standard InChI is InChI=1S/C6H8N2O4/c7-10-3-4-1-2-5(11-4)6(9)12-8/h1-2H,3,7-8H2. The zero-order chi connectivity index (χ0) is 8.97. The molecule has 6 nitrogen and oxygen atoms in total. The highest BCUT2D eigenvalue weighted by Gasteiger charge is 2.10. The summed E-state index contributed by atoms with van der Waals surface area (Å²) in [7, 11) is 0. The van der Waals surface area contributed by atoms with Gasteiger partial charge in [0.15, 0.2) is 0 Å². The van der Waals surface area contributed by atoms with Crippen molar-refractivity contribution < 1.29 is 18.9 Å². The van der Waals surface area contributed by atoms with Gasteiger partial charge in [0.25, 0.3) is 0 Å². The first-order chi connectivity index (χ1) is 5.77. The van der Waals surface area contributed by atoms with Crippen molar-refractivity contribution in [1.82, 2.24) is 0 Å². The molecule has 0 spiro atoms. The van der Waals surface area contributed by atoms with E-state index in [0.717, 1.165) is 0 Å². The van der Waals surface area contributed by atoms with E-state index in [1.54, 1.807) is 6.07 Å². The molecule has 0 amide bonds. The Morgan fingerprint density at radius 2 is 2.25 bits per heavy atom. The summed E-state index contributed by atoms with van der Waals surface area (Å²) in [5.41, 5.74) is 0. The highest BCUT2D eigenvalue weighted by Crippen LogP contribution is 2.08. The minimum absolute atomic E-state index is 0.0181. The Hall–Kier alpha value is -1.37. The fraction of sp³-hybridized carbons (Fsp3) is 0.167. The number of hydrogen-bond donors (Lipinski definition) is 2. The number of furan rings is 1. The summed E-state index contributed by atoms with van der Waals surface area (Å²) >= 11 is 0. The largest absolute Gasteiger partial charge is 0.451 e. The van der Waals surface area contributed by atoms with Crippen LogP contribution in [-0.4, -0.2) is 5.97 Å². The molecule has 1 aromatic rings. The van der Waals surface area contributed by atoms with Crippen molar-refractivity contribution >= 4 is 5.97 Å². The molecular weight excluding hydrogens is 164 g/mol. The Labute approximate surface area is 67.9 Å². The first-order valence-corrected chi connectivity index (χ1v) is 3.09. The molecule has 0 atom stereocenters. The van der Waals surface area contributed by atoms with Crippen LogP contribution in [-0.2, 0) is 16.3 Å². The van der Waals surface area contributed by atoms with E-state index in [9.17, 15) is 4.79 Å². The molecule has 0 bridgehead atoms. The van der Waals surface area contributed by atoms with Gasteiger partial charge in [-0.3, -0.25) is 4.84 Å². The fourth-order valence-corrected chi connectivity index (χ4v) is 0.705. The molecule has 1 heterocycles. The Balaban J connectivity index is 2.70. The van der Waals surface area contributed by atoms with Gasteiger partial charge >= 0.3 is 5.97 Å². The van der Waals surface area contributed by atoms with Gasteiger partial charge in [0, 0.05) is 0 Å². The minimum atomic E-state index is -0.738. The SMILES string of the molecule is NOCc1ccc(C(=O)ON)o1. The molecule has 66 valence electrons.